The Labute approximate surface area is 228 Å². The molecule has 3 aromatic carbocycles. The molecule has 7 nitrogen and oxygen atoms in total. The number of rotatable bonds is 9. The van der Waals surface area contributed by atoms with Crippen LogP contribution in [0.5, 0.6) is 0 Å². The van der Waals surface area contributed by atoms with Crippen LogP contribution >= 0.6 is 0 Å². The highest BCUT2D eigenvalue weighted by molar-refractivity contribution is 5.80. The molecular weight excluding hydrogens is 492 g/mol. The summed E-state index contributed by atoms with van der Waals surface area (Å²) in [6.45, 7) is 0.771. The fraction of sp³-hybridized carbons (Fsp3) is 0.344. The third-order valence-corrected chi connectivity index (χ3v) is 7.81. The molecule has 2 atom stereocenters. The van der Waals surface area contributed by atoms with Crippen molar-refractivity contribution in [3.63, 3.8) is 0 Å². The van der Waals surface area contributed by atoms with Crippen molar-refractivity contribution >= 4 is 18.0 Å². The summed E-state index contributed by atoms with van der Waals surface area (Å²) in [5.41, 5.74) is 5.64. The Morgan fingerprint density at radius 1 is 0.872 bits per heavy atom. The number of aliphatic carboxylic acids is 1. The quantitative estimate of drug-likeness (QED) is 0.379. The van der Waals surface area contributed by atoms with Gasteiger partial charge in [-0.05, 0) is 47.1 Å². The first-order valence-electron chi connectivity index (χ1n) is 13.7. The molecular formula is C32H34N2O5. The van der Waals surface area contributed by atoms with Crippen LogP contribution in [0.25, 0.3) is 11.1 Å². The number of carbonyl (C=O) groups is 3. The van der Waals surface area contributed by atoms with E-state index in [4.69, 9.17) is 4.74 Å². The fourth-order valence-corrected chi connectivity index (χ4v) is 5.91. The van der Waals surface area contributed by atoms with E-state index in [0.717, 1.165) is 36.0 Å². The number of carbonyl (C=O) groups excluding carboxylic acids is 2. The summed E-state index contributed by atoms with van der Waals surface area (Å²) >= 11 is 0. The lowest BCUT2D eigenvalue weighted by Crippen LogP contribution is -2.44. The number of hydrogen-bond acceptors (Lipinski definition) is 4. The van der Waals surface area contributed by atoms with E-state index in [2.05, 4.69) is 29.6 Å². The zero-order valence-electron chi connectivity index (χ0n) is 21.9. The zero-order chi connectivity index (χ0) is 27.2. The van der Waals surface area contributed by atoms with E-state index >= 15 is 0 Å². The van der Waals surface area contributed by atoms with Gasteiger partial charge in [0, 0.05) is 31.0 Å². The highest BCUT2D eigenvalue weighted by Crippen LogP contribution is 2.44. The van der Waals surface area contributed by atoms with Gasteiger partial charge in [0.1, 0.15) is 6.61 Å². The molecule has 0 unspecified atom stereocenters. The summed E-state index contributed by atoms with van der Waals surface area (Å²) in [7, 11) is 0. The SMILES string of the molecule is O=C(O)CCN(Cc1ccccc1)C(=O)[C@H]1CCC[C@@H](NC(=O)OCC2c3ccccc3-c3ccccc32)C1. The number of hydrogen-bond donors (Lipinski definition) is 2. The Morgan fingerprint density at radius 3 is 2.18 bits per heavy atom. The Hall–Kier alpha value is -4.13. The van der Waals surface area contributed by atoms with Crippen LogP contribution in [0.1, 0.15) is 54.7 Å². The molecule has 2 amide bonds. The number of nitrogens with zero attached hydrogens (tertiary/aromatic N) is 1. The normalized spacial score (nSPS) is 18.1. The Bertz CT molecular complexity index is 1280. The Kier molecular flexibility index (Phi) is 8.25. The summed E-state index contributed by atoms with van der Waals surface area (Å²) < 4.78 is 5.72. The largest absolute Gasteiger partial charge is 0.481 e. The number of amides is 2. The third kappa shape index (κ3) is 6.30. The topological polar surface area (TPSA) is 95.9 Å². The minimum atomic E-state index is -0.931. The van der Waals surface area contributed by atoms with Crippen molar-refractivity contribution in [2.24, 2.45) is 5.92 Å². The van der Waals surface area contributed by atoms with Gasteiger partial charge in [-0.1, -0.05) is 85.3 Å². The molecule has 2 aliphatic rings. The average molecular weight is 527 g/mol. The molecule has 5 rings (SSSR count). The Balaban J connectivity index is 1.18. The smallest absolute Gasteiger partial charge is 0.407 e. The molecule has 0 saturated heterocycles. The Morgan fingerprint density at radius 2 is 1.51 bits per heavy atom. The van der Waals surface area contributed by atoms with Gasteiger partial charge in [0.05, 0.1) is 6.42 Å². The first-order valence-corrected chi connectivity index (χ1v) is 13.7. The van der Waals surface area contributed by atoms with Gasteiger partial charge in [0.15, 0.2) is 0 Å². The van der Waals surface area contributed by atoms with Crippen LogP contribution in [0.15, 0.2) is 78.9 Å². The van der Waals surface area contributed by atoms with Gasteiger partial charge >= 0.3 is 12.1 Å². The number of benzene rings is 3. The summed E-state index contributed by atoms with van der Waals surface area (Å²) in [5, 5.41) is 12.2. The lowest BCUT2D eigenvalue weighted by molar-refractivity contribution is -0.140. The number of carboxylic acid groups (broad SMARTS) is 1. The minimum Gasteiger partial charge on any atom is -0.481 e. The zero-order valence-corrected chi connectivity index (χ0v) is 21.9. The molecule has 0 aromatic heterocycles. The van der Waals surface area contributed by atoms with Crippen molar-refractivity contribution in [3.05, 3.63) is 95.6 Å². The van der Waals surface area contributed by atoms with Crippen LogP contribution in [0, 0.1) is 5.92 Å². The van der Waals surface area contributed by atoms with Gasteiger partial charge in [-0.3, -0.25) is 9.59 Å². The van der Waals surface area contributed by atoms with Gasteiger partial charge in [-0.25, -0.2) is 4.79 Å². The van der Waals surface area contributed by atoms with Gasteiger partial charge in [0.2, 0.25) is 5.91 Å². The van der Waals surface area contributed by atoms with Crippen molar-refractivity contribution in [1.82, 2.24) is 10.2 Å². The van der Waals surface area contributed by atoms with Crippen LogP contribution in [0.3, 0.4) is 0 Å². The molecule has 3 aromatic rings. The molecule has 1 saturated carbocycles. The van der Waals surface area contributed by atoms with E-state index in [1.54, 1.807) is 4.90 Å². The second kappa shape index (κ2) is 12.2. The van der Waals surface area contributed by atoms with Crippen LogP contribution in [0.4, 0.5) is 4.79 Å². The predicted molar refractivity (Wildman–Crippen MR) is 148 cm³/mol. The molecule has 0 aliphatic heterocycles. The number of ether oxygens (including phenoxy) is 1. The first-order chi connectivity index (χ1) is 19.0. The van der Waals surface area contributed by atoms with Crippen LogP contribution < -0.4 is 5.32 Å². The second-order valence-corrected chi connectivity index (χ2v) is 10.4. The summed E-state index contributed by atoms with van der Waals surface area (Å²) in [6.07, 6.45) is 2.25. The van der Waals surface area contributed by atoms with E-state index in [-0.39, 0.29) is 43.4 Å². The van der Waals surface area contributed by atoms with Crippen LogP contribution in [-0.2, 0) is 20.9 Å². The van der Waals surface area contributed by atoms with Gasteiger partial charge in [-0.2, -0.15) is 0 Å². The molecule has 39 heavy (non-hydrogen) atoms. The average Bonchev–Trinajstić information content (AvgIpc) is 3.28. The van der Waals surface area contributed by atoms with Crippen molar-refractivity contribution < 1.29 is 24.2 Å². The maximum absolute atomic E-state index is 13.5. The van der Waals surface area contributed by atoms with Crippen molar-refractivity contribution in [3.8, 4) is 11.1 Å². The van der Waals surface area contributed by atoms with E-state index in [9.17, 15) is 19.5 Å². The molecule has 202 valence electrons. The molecule has 0 heterocycles. The maximum Gasteiger partial charge on any atom is 0.407 e. The lowest BCUT2D eigenvalue weighted by Gasteiger charge is -2.33. The van der Waals surface area contributed by atoms with E-state index in [1.807, 2.05) is 54.6 Å². The molecule has 0 radical (unpaired) electrons. The van der Waals surface area contributed by atoms with E-state index in [0.29, 0.717) is 13.0 Å². The maximum atomic E-state index is 13.5. The fourth-order valence-electron chi connectivity index (χ4n) is 5.91. The molecule has 2 aliphatic carbocycles. The highest BCUT2D eigenvalue weighted by Gasteiger charge is 2.33. The summed E-state index contributed by atoms with van der Waals surface area (Å²) in [6, 6.07) is 25.9. The monoisotopic (exact) mass is 526 g/mol. The van der Waals surface area contributed by atoms with E-state index in [1.165, 1.54) is 11.1 Å². The number of nitrogens with one attached hydrogen (secondary N) is 1. The van der Waals surface area contributed by atoms with Crippen molar-refractivity contribution in [2.45, 2.75) is 50.6 Å². The minimum absolute atomic E-state index is 0.00962. The second-order valence-electron chi connectivity index (χ2n) is 10.4. The molecule has 2 N–H and O–H groups in total. The first kappa shape index (κ1) is 26.5. The number of alkyl carbamates (subject to hydrolysis) is 1. The lowest BCUT2D eigenvalue weighted by atomic mass is 9.84. The standard InChI is InChI=1S/C32H34N2O5/c35-30(36)17-18-34(20-22-9-2-1-3-10-22)31(37)23-11-8-12-24(19-23)33-32(38)39-21-29-27-15-6-4-13-25(27)26-14-5-7-16-28(26)29/h1-7,9-10,13-16,23-24,29H,8,11-12,17-21H2,(H,33,38)(H,35,36)/t23-,24+/m0/s1. The van der Waals surface area contributed by atoms with Crippen LogP contribution in [0.2, 0.25) is 0 Å². The summed E-state index contributed by atoms with van der Waals surface area (Å²) in [5.74, 6) is -1.27. The molecule has 0 spiro atoms. The number of fused-ring (bicyclic) bond motifs is 3. The van der Waals surface area contributed by atoms with Crippen molar-refractivity contribution in [1.29, 1.82) is 0 Å². The van der Waals surface area contributed by atoms with Crippen LogP contribution in [-0.4, -0.2) is 47.2 Å². The predicted octanol–water partition coefficient (Wildman–Crippen LogP) is 5.59. The van der Waals surface area contributed by atoms with Crippen molar-refractivity contribution in [2.75, 3.05) is 13.2 Å². The number of carboxylic acids is 1. The highest BCUT2D eigenvalue weighted by atomic mass is 16.5. The van der Waals surface area contributed by atoms with Gasteiger partial charge in [-0.15, -0.1) is 0 Å². The van der Waals surface area contributed by atoms with Gasteiger partial charge in [0.25, 0.3) is 0 Å². The molecule has 7 heteroatoms. The molecule has 0 bridgehead atoms. The molecule has 1 fully saturated rings. The summed E-state index contributed by atoms with van der Waals surface area (Å²) in [4.78, 5) is 39.2. The third-order valence-electron chi connectivity index (χ3n) is 7.81. The van der Waals surface area contributed by atoms with Gasteiger partial charge < -0.3 is 20.1 Å². The van der Waals surface area contributed by atoms with E-state index < -0.39 is 12.1 Å².